The van der Waals surface area contributed by atoms with Crippen LogP contribution in [0.3, 0.4) is 0 Å². The lowest BCUT2D eigenvalue weighted by atomic mass is 10.2. The number of rotatable bonds is 6. The van der Waals surface area contributed by atoms with Crippen molar-refractivity contribution in [2.75, 3.05) is 26.0 Å². The van der Waals surface area contributed by atoms with Crippen LogP contribution in [0.15, 0.2) is 63.9 Å². The van der Waals surface area contributed by atoms with Crippen LogP contribution in [0, 0.1) is 0 Å². The Balaban J connectivity index is 1.57. The molecule has 0 atom stereocenters. The number of fused-ring (bicyclic) bond motifs is 1. The Hall–Kier alpha value is -3.17. The summed E-state index contributed by atoms with van der Waals surface area (Å²) >= 11 is 0. The Morgan fingerprint density at radius 1 is 1.07 bits per heavy atom. The van der Waals surface area contributed by atoms with Gasteiger partial charge in [0.1, 0.15) is 5.58 Å². The molecule has 146 valence electrons. The van der Waals surface area contributed by atoms with Gasteiger partial charge >= 0.3 is 5.97 Å². The zero-order valence-electron chi connectivity index (χ0n) is 15.2. The number of hydrogen-bond donors (Lipinski definition) is 1. The van der Waals surface area contributed by atoms with E-state index in [1.54, 1.807) is 24.3 Å². The number of furan rings is 1. The predicted molar refractivity (Wildman–Crippen MR) is 102 cm³/mol. The molecule has 0 bridgehead atoms. The van der Waals surface area contributed by atoms with Gasteiger partial charge in [-0.05, 0) is 36.4 Å². The van der Waals surface area contributed by atoms with Crippen molar-refractivity contribution in [1.82, 2.24) is 4.31 Å². The molecule has 9 heteroatoms. The van der Waals surface area contributed by atoms with Crippen molar-refractivity contribution < 1.29 is 27.2 Å². The first-order chi connectivity index (χ1) is 13.3. The number of benzene rings is 2. The molecule has 1 amide bonds. The average Bonchev–Trinajstić information content (AvgIpc) is 3.11. The van der Waals surface area contributed by atoms with Gasteiger partial charge in [0.05, 0.1) is 4.90 Å². The average molecular weight is 402 g/mol. The van der Waals surface area contributed by atoms with Gasteiger partial charge in [0.25, 0.3) is 5.91 Å². The van der Waals surface area contributed by atoms with Gasteiger partial charge in [-0.25, -0.2) is 17.5 Å². The van der Waals surface area contributed by atoms with Crippen LogP contribution >= 0.6 is 0 Å². The van der Waals surface area contributed by atoms with Crippen molar-refractivity contribution in [3.63, 3.8) is 0 Å². The lowest BCUT2D eigenvalue weighted by molar-refractivity contribution is -0.119. The Morgan fingerprint density at radius 3 is 2.39 bits per heavy atom. The maximum Gasteiger partial charge on any atom is 0.374 e. The highest BCUT2D eigenvalue weighted by Crippen LogP contribution is 2.19. The van der Waals surface area contributed by atoms with Crippen LogP contribution in [-0.4, -0.2) is 45.3 Å². The Kier molecular flexibility index (Phi) is 5.48. The molecule has 0 unspecified atom stereocenters. The lowest BCUT2D eigenvalue weighted by Crippen LogP contribution is -2.22. The third-order valence-electron chi connectivity index (χ3n) is 3.88. The highest BCUT2D eigenvalue weighted by atomic mass is 32.2. The van der Waals surface area contributed by atoms with E-state index in [-0.39, 0.29) is 10.7 Å². The first-order valence-corrected chi connectivity index (χ1v) is 9.69. The molecule has 0 fully saturated rings. The van der Waals surface area contributed by atoms with Crippen molar-refractivity contribution in [3.05, 3.63) is 60.4 Å². The first kappa shape index (κ1) is 19.6. The van der Waals surface area contributed by atoms with Gasteiger partial charge in [0.15, 0.2) is 6.61 Å². The Labute approximate surface area is 161 Å². The Morgan fingerprint density at radius 2 is 1.75 bits per heavy atom. The van der Waals surface area contributed by atoms with E-state index in [9.17, 15) is 18.0 Å². The van der Waals surface area contributed by atoms with Crippen molar-refractivity contribution >= 4 is 38.6 Å². The number of esters is 1. The number of carbonyl (C=O) groups excluding carboxylic acids is 2. The van der Waals surface area contributed by atoms with E-state index in [1.165, 1.54) is 38.4 Å². The molecule has 28 heavy (non-hydrogen) atoms. The standard InChI is InChI=1S/C19H18N2O6S/c1-21(2)28(24,25)15-9-7-14(8-10-15)20-18(22)12-26-19(23)17-11-13-5-3-4-6-16(13)27-17/h3-11H,12H2,1-2H3,(H,20,22). The number of anilines is 1. The monoisotopic (exact) mass is 402 g/mol. The van der Waals surface area contributed by atoms with E-state index in [4.69, 9.17) is 9.15 Å². The smallest absolute Gasteiger partial charge is 0.374 e. The number of nitrogens with one attached hydrogen (secondary N) is 1. The van der Waals surface area contributed by atoms with E-state index in [2.05, 4.69) is 5.32 Å². The minimum atomic E-state index is -3.54. The van der Waals surface area contributed by atoms with Gasteiger partial charge in [-0.2, -0.15) is 0 Å². The summed E-state index contributed by atoms with van der Waals surface area (Å²) in [6.45, 7) is -0.506. The zero-order chi connectivity index (χ0) is 20.3. The third kappa shape index (κ3) is 4.21. The maximum atomic E-state index is 12.0. The molecule has 0 spiro atoms. The summed E-state index contributed by atoms with van der Waals surface area (Å²) in [6.07, 6.45) is 0. The summed E-state index contributed by atoms with van der Waals surface area (Å²) in [5.74, 6) is -1.31. The maximum absolute atomic E-state index is 12.0. The molecule has 0 saturated carbocycles. The summed E-state index contributed by atoms with van der Waals surface area (Å²) in [7, 11) is -0.681. The fourth-order valence-corrected chi connectivity index (χ4v) is 3.30. The molecule has 3 aromatic rings. The van der Waals surface area contributed by atoms with Crippen molar-refractivity contribution in [2.24, 2.45) is 0 Å². The molecule has 3 rings (SSSR count). The molecule has 0 aliphatic heterocycles. The quantitative estimate of drug-likeness (QED) is 0.635. The number of sulfonamides is 1. The van der Waals surface area contributed by atoms with Gasteiger partial charge < -0.3 is 14.5 Å². The number of carbonyl (C=O) groups is 2. The summed E-state index contributed by atoms with van der Waals surface area (Å²) < 4.78 is 35.5. The molecule has 0 aliphatic carbocycles. The highest BCUT2D eigenvalue weighted by Gasteiger charge is 2.18. The van der Waals surface area contributed by atoms with Crippen molar-refractivity contribution in [3.8, 4) is 0 Å². The second-order valence-electron chi connectivity index (χ2n) is 6.08. The van der Waals surface area contributed by atoms with Crippen LogP contribution < -0.4 is 5.32 Å². The number of ether oxygens (including phenoxy) is 1. The lowest BCUT2D eigenvalue weighted by Gasteiger charge is -2.12. The summed E-state index contributed by atoms with van der Waals surface area (Å²) in [5.41, 5.74) is 0.925. The molecule has 0 saturated heterocycles. The minimum absolute atomic E-state index is 0.00671. The van der Waals surface area contributed by atoms with E-state index < -0.39 is 28.5 Å². The topological polar surface area (TPSA) is 106 Å². The summed E-state index contributed by atoms with van der Waals surface area (Å²) in [5, 5.41) is 3.28. The molecular weight excluding hydrogens is 384 g/mol. The minimum Gasteiger partial charge on any atom is -0.450 e. The fourth-order valence-electron chi connectivity index (χ4n) is 2.40. The molecule has 0 aliphatic rings. The van der Waals surface area contributed by atoms with Crippen LogP contribution in [0.2, 0.25) is 0 Å². The molecular formula is C19H18N2O6S. The first-order valence-electron chi connectivity index (χ1n) is 8.25. The SMILES string of the molecule is CN(C)S(=O)(=O)c1ccc(NC(=O)COC(=O)c2cc3ccccc3o2)cc1. The van der Waals surface area contributed by atoms with Gasteiger partial charge in [-0.3, -0.25) is 4.79 Å². The van der Waals surface area contributed by atoms with Gasteiger partial charge in [-0.15, -0.1) is 0 Å². The molecule has 1 aromatic heterocycles. The van der Waals surface area contributed by atoms with Gasteiger partial charge in [0.2, 0.25) is 15.8 Å². The normalized spacial score (nSPS) is 11.5. The van der Waals surface area contributed by atoms with Crippen LogP contribution in [-0.2, 0) is 19.6 Å². The molecule has 1 N–H and O–H groups in total. The van der Waals surface area contributed by atoms with Gasteiger partial charge in [0, 0.05) is 25.2 Å². The highest BCUT2D eigenvalue weighted by molar-refractivity contribution is 7.89. The van der Waals surface area contributed by atoms with E-state index in [0.717, 1.165) is 9.69 Å². The third-order valence-corrected chi connectivity index (χ3v) is 5.71. The zero-order valence-corrected chi connectivity index (χ0v) is 16.0. The fraction of sp³-hybridized carbons (Fsp3) is 0.158. The molecule has 2 aromatic carbocycles. The predicted octanol–water partition coefficient (Wildman–Crippen LogP) is 2.48. The summed E-state index contributed by atoms with van der Waals surface area (Å²) in [4.78, 5) is 24.1. The van der Waals surface area contributed by atoms with E-state index in [1.807, 2.05) is 6.07 Å². The van der Waals surface area contributed by atoms with Crippen LogP contribution in [0.1, 0.15) is 10.6 Å². The number of amides is 1. The van der Waals surface area contributed by atoms with Gasteiger partial charge in [-0.1, -0.05) is 18.2 Å². The van der Waals surface area contributed by atoms with Crippen LogP contribution in [0.4, 0.5) is 5.69 Å². The largest absolute Gasteiger partial charge is 0.450 e. The van der Waals surface area contributed by atoms with Crippen LogP contribution in [0.5, 0.6) is 0 Å². The second-order valence-corrected chi connectivity index (χ2v) is 8.24. The second kappa shape index (κ2) is 7.83. The molecule has 0 radical (unpaired) electrons. The molecule has 1 heterocycles. The summed E-state index contributed by atoms with van der Waals surface area (Å²) in [6, 6.07) is 14.3. The van der Waals surface area contributed by atoms with Crippen molar-refractivity contribution in [1.29, 1.82) is 0 Å². The van der Waals surface area contributed by atoms with Crippen LogP contribution in [0.25, 0.3) is 11.0 Å². The molecule has 8 nitrogen and oxygen atoms in total. The Bertz CT molecular complexity index is 1080. The van der Waals surface area contributed by atoms with Crippen molar-refractivity contribution in [2.45, 2.75) is 4.90 Å². The number of para-hydroxylation sites is 1. The number of hydrogen-bond acceptors (Lipinski definition) is 6. The number of nitrogens with zero attached hydrogens (tertiary/aromatic N) is 1. The van der Waals surface area contributed by atoms with E-state index >= 15 is 0 Å². The van der Waals surface area contributed by atoms with E-state index in [0.29, 0.717) is 11.3 Å².